The van der Waals surface area contributed by atoms with Crippen molar-refractivity contribution in [2.24, 2.45) is 0 Å². The van der Waals surface area contributed by atoms with Crippen LogP contribution in [0.25, 0.3) is 10.9 Å². The van der Waals surface area contributed by atoms with Crippen LogP contribution in [0, 0.1) is 5.82 Å². The minimum atomic E-state index is -1.42. The Kier molecular flexibility index (Phi) is 14.4. The van der Waals surface area contributed by atoms with E-state index in [4.69, 9.17) is 14.2 Å². The van der Waals surface area contributed by atoms with Crippen LogP contribution in [0.1, 0.15) is 116 Å². The number of pyridine rings is 1. The number of nitrogens with one attached hydrogen (secondary N) is 3. The van der Waals surface area contributed by atoms with E-state index in [9.17, 15) is 33.9 Å². The van der Waals surface area contributed by atoms with E-state index in [0.717, 1.165) is 18.9 Å². The number of hydrogen-bond donors (Lipinski definition) is 4. The predicted octanol–water partition coefficient (Wildman–Crippen LogP) is 5.70. The van der Waals surface area contributed by atoms with Crippen molar-refractivity contribution in [1.82, 2.24) is 25.4 Å². The largest absolute Gasteiger partial charge is 0.492 e. The molecule has 330 valence electrons. The smallest absolute Gasteiger partial charge is 0.408 e. The Labute approximate surface area is 347 Å². The number of likely N-dealkylation sites (tertiary alicyclic amines) is 1. The molecule has 0 radical (unpaired) electrons. The summed E-state index contributed by atoms with van der Waals surface area (Å²) in [7, 11) is 1.33. The molecule has 2 saturated heterocycles. The van der Waals surface area contributed by atoms with Gasteiger partial charge in [-0.15, -0.1) is 0 Å². The fraction of sp³-hybridized carbons (Fsp3) is 0.619. The monoisotopic (exact) mass is 844 g/mol. The van der Waals surface area contributed by atoms with Crippen LogP contribution in [0.4, 0.5) is 24.1 Å². The zero-order chi connectivity index (χ0) is 44.1. The van der Waals surface area contributed by atoms with Crippen molar-refractivity contribution in [2.45, 2.75) is 129 Å². The van der Waals surface area contributed by atoms with E-state index in [1.807, 2.05) is 0 Å². The van der Waals surface area contributed by atoms with Gasteiger partial charge in [-0.3, -0.25) is 14.4 Å². The summed E-state index contributed by atoms with van der Waals surface area (Å²) in [6.07, 6.45) is 4.10. The average Bonchev–Trinajstić information content (AvgIpc) is 3.89. The molecule has 3 aliphatic rings. The number of carboxylic acid groups (broad SMARTS) is 1. The van der Waals surface area contributed by atoms with Gasteiger partial charge in [0.15, 0.2) is 11.6 Å². The first-order valence-corrected chi connectivity index (χ1v) is 20.5. The van der Waals surface area contributed by atoms with Crippen molar-refractivity contribution in [1.29, 1.82) is 0 Å². The van der Waals surface area contributed by atoms with Crippen molar-refractivity contribution < 1.29 is 52.1 Å². The van der Waals surface area contributed by atoms with E-state index in [0.29, 0.717) is 50.6 Å². The summed E-state index contributed by atoms with van der Waals surface area (Å²) in [5, 5.41) is 17.5. The van der Waals surface area contributed by atoms with Gasteiger partial charge in [0.2, 0.25) is 17.2 Å². The van der Waals surface area contributed by atoms with Crippen LogP contribution in [0.5, 0.6) is 5.75 Å². The van der Waals surface area contributed by atoms with Gasteiger partial charge in [-0.2, -0.15) is 0 Å². The van der Waals surface area contributed by atoms with Crippen LogP contribution in [0.3, 0.4) is 0 Å². The van der Waals surface area contributed by atoms with E-state index in [2.05, 4.69) is 16.0 Å². The number of methoxy groups -OCH3 is 1. The molecule has 0 spiro atoms. The second kappa shape index (κ2) is 18.9. The second-order valence-electron chi connectivity index (χ2n) is 17.5. The lowest BCUT2D eigenvalue weighted by atomic mass is 10.0. The molecule has 4 N–H and O–H groups in total. The molecular formula is C42H58F2N6O10. The van der Waals surface area contributed by atoms with Crippen LogP contribution >= 0.6 is 0 Å². The SMILES string of the molecule is COc1c(N2CCC/C(=C(\F)CNC(=O)[C@@H]3CCCN3C(=O)[C@H](CCCCNC(=O)OC(C)(C)C)NC(=O)OC(C)(C)C)C2)c(F)cc2c(=O)c(C(=O)O)cn(C3CC3)c12. The first-order valence-electron chi connectivity index (χ1n) is 20.5. The van der Waals surface area contributed by atoms with E-state index in [1.54, 1.807) is 51.0 Å². The number of aromatic carboxylic acids is 1. The van der Waals surface area contributed by atoms with Gasteiger partial charge < -0.3 is 49.6 Å². The number of benzene rings is 1. The number of alkyl carbamates (subject to hydrolysis) is 2. The van der Waals surface area contributed by atoms with Crippen molar-refractivity contribution >= 4 is 46.6 Å². The molecule has 0 bridgehead atoms. The number of piperidine rings is 1. The molecule has 3 heterocycles. The average molecular weight is 845 g/mol. The van der Waals surface area contributed by atoms with Crippen LogP contribution in [-0.4, -0.2) is 108 Å². The number of unbranched alkanes of at least 4 members (excludes halogenated alkanes) is 1. The molecule has 4 amide bonds. The van der Waals surface area contributed by atoms with Gasteiger partial charge in [-0.25, -0.2) is 23.2 Å². The van der Waals surface area contributed by atoms with Gasteiger partial charge in [0.05, 0.1) is 24.6 Å². The van der Waals surface area contributed by atoms with E-state index < -0.39 is 82.4 Å². The summed E-state index contributed by atoms with van der Waals surface area (Å²) in [5.74, 6) is -3.86. The molecule has 1 aromatic carbocycles. The number of nitrogens with zero attached hydrogens (tertiary/aromatic N) is 3. The van der Waals surface area contributed by atoms with Crippen LogP contribution < -0.4 is 31.0 Å². The van der Waals surface area contributed by atoms with Gasteiger partial charge in [-0.1, -0.05) is 0 Å². The Bertz CT molecular complexity index is 2070. The number of carboxylic acids is 1. The molecule has 18 heteroatoms. The first kappa shape index (κ1) is 45.7. The minimum Gasteiger partial charge on any atom is -0.492 e. The Balaban J connectivity index is 1.27. The lowest BCUT2D eigenvalue weighted by Crippen LogP contribution is -2.54. The number of anilines is 1. The number of ether oxygens (including phenoxy) is 3. The predicted molar refractivity (Wildman–Crippen MR) is 219 cm³/mol. The standard InChI is InChI=1S/C42H58F2N6O10/c1-41(2,3)59-39(56)45-17-9-8-13-30(47-40(57)60-42(4,5)6)37(53)49-19-11-14-31(49)36(52)46-21-29(44)24-12-10-18-48(22-24)33-28(43)20-26-32(35(33)58-7)50(25-15-16-25)23-27(34(26)51)38(54)55/h20,23,25,30-31H,8-19,21-22H2,1-7H3,(H,45,56)(H,46,52)(H,47,57)(H,54,55)/b29-24+/t30-,31-/m0/s1. The molecule has 3 fully saturated rings. The van der Waals surface area contributed by atoms with Crippen molar-refractivity contribution in [3.8, 4) is 5.75 Å². The van der Waals surface area contributed by atoms with Crippen LogP contribution in [0.2, 0.25) is 0 Å². The van der Waals surface area contributed by atoms with E-state index >= 15 is 8.78 Å². The van der Waals surface area contributed by atoms with Gasteiger partial charge in [0.25, 0.3) is 0 Å². The zero-order valence-corrected chi connectivity index (χ0v) is 35.5. The molecule has 2 aromatic rings. The quantitative estimate of drug-likeness (QED) is 0.170. The van der Waals surface area contributed by atoms with Gasteiger partial charge in [0, 0.05) is 38.4 Å². The maximum atomic E-state index is 16.0. The number of aromatic nitrogens is 1. The number of carbonyl (C=O) groups is 5. The minimum absolute atomic E-state index is 0.0184. The molecule has 60 heavy (non-hydrogen) atoms. The second-order valence-corrected chi connectivity index (χ2v) is 17.5. The highest BCUT2D eigenvalue weighted by molar-refractivity contribution is 5.97. The third-order valence-electron chi connectivity index (χ3n) is 10.4. The summed E-state index contributed by atoms with van der Waals surface area (Å²) >= 11 is 0. The normalized spacial score (nSPS) is 18.4. The molecule has 2 atom stereocenters. The summed E-state index contributed by atoms with van der Waals surface area (Å²) in [5.41, 5.74) is -2.18. The number of fused-ring (bicyclic) bond motifs is 1. The summed E-state index contributed by atoms with van der Waals surface area (Å²) in [4.78, 5) is 80.4. The van der Waals surface area contributed by atoms with Gasteiger partial charge in [0.1, 0.15) is 40.4 Å². The summed E-state index contributed by atoms with van der Waals surface area (Å²) in [6.45, 7) is 10.7. The lowest BCUT2D eigenvalue weighted by Gasteiger charge is -2.33. The molecule has 2 aliphatic heterocycles. The molecule has 1 aliphatic carbocycles. The van der Waals surface area contributed by atoms with Crippen molar-refractivity contribution in [3.63, 3.8) is 0 Å². The Morgan fingerprint density at radius 3 is 2.27 bits per heavy atom. The molecule has 16 nitrogen and oxygen atoms in total. The highest BCUT2D eigenvalue weighted by Crippen LogP contribution is 2.44. The molecule has 1 aromatic heterocycles. The summed E-state index contributed by atoms with van der Waals surface area (Å²) < 4.78 is 49.9. The summed E-state index contributed by atoms with van der Waals surface area (Å²) in [6, 6.07) is -1.03. The Morgan fingerprint density at radius 2 is 1.63 bits per heavy atom. The topological polar surface area (TPSA) is 198 Å². The number of rotatable bonds is 14. The molecule has 0 unspecified atom stereocenters. The number of amides is 4. The van der Waals surface area contributed by atoms with E-state index in [1.165, 1.54) is 18.2 Å². The molecule has 5 rings (SSSR count). The maximum absolute atomic E-state index is 16.0. The molecular weight excluding hydrogens is 786 g/mol. The van der Waals surface area contributed by atoms with E-state index in [-0.39, 0.29) is 54.4 Å². The van der Waals surface area contributed by atoms with Crippen LogP contribution in [0.15, 0.2) is 28.5 Å². The Morgan fingerprint density at radius 1 is 0.950 bits per heavy atom. The highest BCUT2D eigenvalue weighted by Gasteiger charge is 2.38. The van der Waals surface area contributed by atoms with Gasteiger partial charge in [-0.05, 0) is 111 Å². The van der Waals surface area contributed by atoms with Crippen LogP contribution in [-0.2, 0) is 19.1 Å². The highest BCUT2D eigenvalue weighted by atomic mass is 19.1. The number of halogens is 2. The third-order valence-corrected chi connectivity index (χ3v) is 10.4. The fourth-order valence-electron chi connectivity index (χ4n) is 7.60. The Hall–Kier alpha value is -5.42. The number of hydrogen-bond acceptors (Lipinski definition) is 10. The van der Waals surface area contributed by atoms with Crippen molar-refractivity contribution in [3.05, 3.63) is 45.3 Å². The van der Waals surface area contributed by atoms with Crippen molar-refractivity contribution in [2.75, 3.05) is 44.7 Å². The lowest BCUT2D eigenvalue weighted by molar-refractivity contribution is -0.140. The van der Waals surface area contributed by atoms with Gasteiger partial charge >= 0.3 is 18.2 Å². The first-order chi connectivity index (χ1) is 28.2. The number of carbonyl (C=O) groups excluding carboxylic acids is 4. The maximum Gasteiger partial charge on any atom is 0.408 e. The molecule has 1 saturated carbocycles. The zero-order valence-electron chi connectivity index (χ0n) is 35.5. The fourth-order valence-corrected chi connectivity index (χ4v) is 7.60. The third kappa shape index (κ3) is 11.4.